The van der Waals surface area contributed by atoms with Crippen LogP contribution in [0.4, 0.5) is 0 Å². The number of aryl methyl sites for hydroxylation is 1. The summed E-state index contributed by atoms with van der Waals surface area (Å²) in [4.78, 5) is 3.54. The molecule has 1 aliphatic rings. The first-order chi connectivity index (χ1) is 13.1. The first-order valence-corrected chi connectivity index (χ1v) is 10.2. The Kier molecular flexibility index (Phi) is 5.38. The van der Waals surface area contributed by atoms with Gasteiger partial charge in [-0.2, -0.15) is 5.10 Å². The highest BCUT2D eigenvalue weighted by atomic mass is 32.2. The fourth-order valence-electron chi connectivity index (χ4n) is 3.29. The Morgan fingerprint density at radius 2 is 2.00 bits per heavy atom. The average Bonchev–Trinajstić information content (AvgIpc) is 3.29. The lowest BCUT2D eigenvalue weighted by molar-refractivity contribution is 0.165. The molecule has 27 heavy (non-hydrogen) atoms. The topological polar surface area (TPSA) is 54.4 Å². The molecule has 0 unspecified atom stereocenters. The van der Waals surface area contributed by atoms with Crippen LogP contribution in [-0.2, 0) is 19.6 Å². The predicted octanol–water partition coefficient (Wildman–Crippen LogP) is 4.39. The molecule has 1 aliphatic heterocycles. The highest BCUT2D eigenvalue weighted by Gasteiger charge is 2.21. The molecule has 0 radical (unpaired) electrons. The van der Waals surface area contributed by atoms with Crippen molar-refractivity contribution in [2.24, 2.45) is 0 Å². The normalized spacial score (nSPS) is 15.7. The van der Waals surface area contributed by atoms with E-state index in [1.165, 1.54) is 10.5 Å². The van der Waals surface area contributed by atoms with Crippen molar-refractivity contribution in [3.8, 4) is 0 Å². The van der Waals surface area contributed by atoms with E-state index < -0.39 is 6.10 Å². The van der Waals surface area contributed by atoms with Crippen LogP contribution in [0.1, 0.15) is 42.2 Å². The number of hydrogen-bond donors (Lipinski definition) is 1. The molecule has 3 aromatic rings. The van der Waals surface area contributed by atoms with Crippen molar-refractivity contribution in [3.63, 3.8) is 0 Å². The Morgan fingerprint density at radius 1 is 1.19 bits per heavy atom. The van der Waals surface area contributed by atoms with Crippen LogP contribution in [0.5, 0.6) is 0 Å². The van der Waals surface area contributed by atoms with E-state index in [0.29, 0.717) is 6.42 Å². The third kappa shape index (κ3) is 4.29. The lowest BCUT2D eigenvalue weighted by Gasteiger charge is -2.26. The number of benzene rings is 1. The second-order valence-corrected chi connectivity index (χ2v) is 8.13. The van der Waals surface area contributed by atoms with Gasteiger partial charge in [-0.25, -0.2) is 0 Å². The van der Waals surface area contributed by atoms with Crippen LogP contribution >= 0.6 is 11.8 Å². The quantitative estimate of drug-likeness (QED) is 0.684. The number of rotatable bonds is 6. The van der Waals surface area contributed by atoms with E-state index in [4.69, 9.17) is 4.42 Å². The second-order valence-electron chi connectivity index (χ2n) is 7.05. The minimum atomic E-state index is -0.469. The summed E-state index contributed by atoms with van der Waals surface area (Å²) in [5, 5.41) is 15.5. The smallest absolute Gasteiger partial charge is 0.165 e. The van der Waals surface area contributed by atoms with E-state index in [2.05, 4.69) is 47.3 Å². The second kappa shape index (κ2) is 7.92. The molecule has 3 heterocycles. The lowest BCUT2D eigenvalue weighted by atomic mass is 10.2. The minimum absolute atomic E-state index is 0.469. The zero-order chi connectivity index (χ0) is 18.8. The molecule has 4 rings (SSSR count). The van der Waals surface area contributed by atoms with Crippen LogP contribution in [0.25, 0.3) is 0 Å². The van der Waals surface area contributed by atoms with Gasteiger partial charge in [0.1, 0.15) is 5.76 Å². The van der Waals surface area contributed by atoms with E-state index in [1.54, 1.807) is 11.8 Å². The molecule has 2 aromatic heterocycles. The van der Waals surface area contributed by atoms with Crippen LogP contribution in [0.15, 0.2) is 56.9 Å². The van der Waals surface area contributed by atoms with Gasteiger partial charge >= 0.3 is 0 Å². The maximum Gasteiger partial charge on any atom is 0.165 e. The van der Waals surface area contributed by atoms with E-state index in [9.17, 15) is 5.11 Å². The molecule has 0 amide bonds. The number of nitrogens with zero attached hydrogens (tertiary/aromatic N) is 3. The maximum atomic E-state index is 10.0. The standard InChI is InChI=1S/C21H25N3O2S/c1-3-20(25)19-12-16-13-23(10-11-24(16)22-19)14-17-6-9-21(26-17)27-18-7-4-15(2)5-8-18/h4-9,12,20,25H,3,10-11,13-14H2,1-2H3/t20-/m0/s1. The molecule has 1 atom stereocenters. The fourth-order valence-corrected chi connectivity index (χ4v) is 4.08. The summed E-state index contributed by atoms with van der Waals surface area (Å²) in [6, 6.07) is 14.6. The first-order valence-electron chi connectivity index (χ1n) is 9.41. The van der Waals surface area contributed by atoms with Gasteiger partial charge in [-0.05, 0) is 43.7 Å². The third-order valence-corrected chi connectivity index (χ3v) is 5.81. The van der Waals surface area contributed by atoms with Crippen molar-refractivity contribution < 1.29 is 9.52 Å². The van der Waals surface area contributed by atoms with E-state index in [-0.39, 0.29) is 0 Å². The number of aliphatic hydroxyl groups excluding tert-OH is 1. The van der Waals surface area contributed by atoms with Crippen molar-refractivity contribution in [3.05, 3.63) is 65.2 Å². The SMILES string of the molecule is CC[C@H](O)c1cc2n(n1)CCN(Cc1ccc(Sc3ccc(C)cc3)o1)C2. The summed E-state index contributed by atoms with van der Waals surface area (Å²) < 4.78 is 8.05. The van der Waals surface area contributed by atoms with E-state index >= 15 is 0 Å². The van der Waals surface area contributed by atoms with Gasteiger partial charge in [0.25, 0.3) is 0 Å². The summed E-state index contributed by atoms with van der Waals surface area (Å²) in [6.45, 7) is 7.44. The summed E-state index contributed by atoms with van der Waals surface area (Å²) in [5.41, 5.74) is 3.20. The highest BCUT2D eigenvalue weighted by molar-refractivity contribution is 7.99. The molecular weight excluding hydrogens is 358 g/mol. The van der Waals surface area contributed by atoms with Crippen LogP contribution in [-0.4, -0.2) is 26.3 Å². The summed E-state index contributed by atoms with van der Waals surface area (Å²) >= 11 is 1.65. The molecule has 0 saturated heterocycles. The molecule has 6 heteroatoms. The molecule has 0 aliphatic carbocycles. The molecule has 0 spiro atoms. The molecule has 142 valence electrons. The highest BCUT2D eigenvalue weighted by Crippen LogP contribution is 2.30. The molecule has 1 aromatic carbocycles. The van der Waals surface area contributed by atoms with Gasteiger partial charge in [-0.15, -0.1) is 0 Å². The Labute approximate surface area is 164 Å². The van der Waals surface area contributed by atoms with Crippen molar-refractivity contribution in [2.45, 2.75) is 56.0 Å². The van der Waals surface area contributed by atoms with Gasteiger partial charge in [0.2, 0.25) is 0 Å². The number of hydrogen-bond acceptors (Lipinski definition) is 5. The van der Waals surface area contributed by atoms with Crippen LogP contribution in [0, 0.1) is 6.92 Å². The molecule has 5 nitrogen and oxygen atoms in total. The lowest BCUT2D eigenvalue weighted by Crippen LogP contribution is -2.33. The Balaban J connectivity index is 1.38. The first kappa shape index (κ1) is 18.3. The van der Waals surface area contributed by atoms with Crippen molar-refractivity contribution in [2.75, 3.05) is 6.54 Å². The van der Waals surface area contributed by atoms with Crippen LogP contribution in [0.2, 0.25) is 0 Å². The van der Waals surface area contributed by atoms with Crippen LogP contribution < -0.4 is 0 Å². The van der Waals surface area contributed by atoms with Gasteiger partial charge in [0.15, 0.2) is 5.09 Å². The summed E-state index contributed by atoms with van der Waals surface area (Å²) in [7, 11) is 0. The number of aliphatic hydroxyl groups is 1. The molecular formula is C21H25N3O2S. The third-order valence-electron chi connectivity index (χ3n) is 4.88. The van der Waals surface area contributed by atoms with Crippen LogP contribution in [0.3, 0.4) is 0 Å². The maximum absolute atomic E-state index is 10.0. The molecule has 0 bridgehead atoms. The minimum Gasteiger partial charge on any atom is -0.453 e. The van der Waals surface area contributed by atoms with Crippen molar-refractivity contribution >= 4 is 11.8 Å². The monoisotopic (exact) mass is 383 g/mol. The number of aromatic nitrogens is 2. The van der Waals surface area contributed by atoms with Gasteiger partial charge in [0, 0.05) is 18.0 Å². The summed E-state index contributed by atoms with van der Waals surface area (Å²) in [5.74, 6) is 0.978. The van der Waals surface area contributed by atoms with Gasteiger partial charge in [-0.1, -0.05) is 36.4 Å². The van der Waals surface area contributed by atoms with Gasteiger partial charge in [-0.3, -0.25) is 9.58 Å². The predicted molar refractivity (Wildman–Crippen MR) is 106 cm³/mol. The largest absolute Gasteiger partial charge is 0.453 e. The molecule has 1 N–H and O–H groups in total. The number of fused-ring (bicyclic) bond motifs is 1. The zero-order valence-electron chi connectivity index (χ0n) is 15.8. The van der Waals surface area contributed by atoms with E-state index in [1.807, 2.05) is 23.7 Å². The van der Waals surface area contributed by atoms with Crippen molar-refractivity contribution in [1.29, 1.82) is 0 Å². The van der Waals surface area contributed by atoms with Gasteiger partial charge < -0.3 is 9.52 Å². The fraction of sp³-hybridized carbons (Fsp3) is 0.381. The Morgan fingerprint density at radius 3 is 2.78 bits per heavy atom. The zero-order valence-corrected chi connectivity index (χ0v) is 16.6. The molecule has 0 saturated carbocycles. The van der Waals surface area contributed by atoms with Gasteiger partial charge in [0.05, 0.1) is 30.6 Å². The summed E-state index contributed by atoms with van der Waals surface area (Å²) in [6.07, 6.45) is 0.219. The van der Waals surface area contributed by atoms with Crippen molar-refractivity contribution in [1.82, 2.24) is 14.7 Å². The molecule has 0 fully saturated rings. The number of furan rings is 1. The Bertz CT molecular complexity index is 901. The average molecular weight is 384 g/mol. The van der Waals surface area contributed by atoms with E-state index in [0.717, 1.165) is 48.4 Å². The Hall–Kier alpha value is -2.02.